The largest absolute Gasteiger partial charge is 0.493 e. The van der Waals surface area contributed by atoms with Gasteiger partial charge in [0.25, 0.3) is 0 Å². The maximum atomic E-state index is 11.9. The highest BCUT2D eigenvalue weighted by atomic mass is 16.5. The highest BCUT2D eigenvalue weighted by Gasteiger charge is 2.14. The second-order valence-electron chi connectivity index (χ2n) is 5.10. The Labute approximate surface area is 132 Å². The van der Waals surface area contributed by atoms with Crippen LogP contribution in [0, 0.1) is 0 Å². The van der Waals surface area contributed by atoms with Crippen LogP contribution in [0.25, 0.3) is 0 Å². The van der Waals surface area contributed by atoms with Crippen molar-refractivity contribution in [3.05, 3.63) is 35.9 Å². The van der Waals surface area contributed by atoms with Crippen molar-refractivity contribution in [3.8, 4) is 11.5 Å². The van der Waals surface area contributed by atoms with Crippen LogP contribution in [0.5, 0.6) is 11.5 Å². The van der Waals surface area contributed by atoms with E-state index in [9.17, 15) is 4.79 Å². The average molecular weight is 306 g/mol. The standard InChI is InChI=1S/C17H26N2O3/c1-5-7-13-9-12(10-15(21-3)16(13)22-4)11-19-17(20)14(18)8-6-2/h5,9-10,14H,1,6-8,11,18H2,2-4H3,(H,19,20). The number of methoxy groups -OCH3 is 2. The predicted molar refractivity (Wildman–Crippen MR) is 88.2 cm³/mol. The lowest BCUT2D eigenvalue weighted by Crippen LogP contribution is -2.40. The summed E-state index contributed by atoms with van der Waals surface area (Å²) in [7, 11) is 3.20. The molecule has 1 aromatic carbocycles. The van der Waals surface area contributed by atoms with Crippen molar-refractivity contribution in [1.82, 2.24) is 5.32 Å². The van der Waals surface area contributed by atoms with Crippen LogP contribution in [0.4, 0.5) is 0 Å². The van der Waals surface area contributed by atoms with Crippen molar-refractivity contribution < 1.29 is 14.3 Å². The van der Waals surface area contributed by atoms with Crippen molar-refractivity contribution in [1.29, 1.82) is 0 Å². The first-order chi connectivity index (χ1) is 10.6. The van der Waals surface area contributed by atoms with Crippen LogP contribution in [0.2, 0.25) is 0 Å². The SMILES string of the molecule is C=CCc1cc(CNC(=O)C(N)CCC)cc(OC)c1OC. The van der Waals surface area contributed by atoms with Crippen LogP contribution in [0.15, 0.2) is 24.8 Å². The number of carbonyl (C=O) groups excluding carboxylic acids is 1. The zero-order valence-electron chi connectivity index (χ0n) is 13.6. The molecule has 122 valence electrons. The first-order valence-corrected chi connectivity index (χ1v) is 7.45. The van der Waals surface area contributed by atoms with Crippen molar-refractivity contribution in [2.45, 2.75) is 38.8 Å². The van der Waals surface area contributed by atoms with Crippen molar-refractivity contribution in [3.63, 3.8) is 0 Å². The fourth-order valence-corrected chi connectivity index (χ4v) is 2.28. The van der Waals surface area contributed by atoms with Gasteiger partial charge in [-0.05, 0) is 30.5 Å². The lowest BCUT2D eigenvalue weighted by Gasteiger charge is -2.16. The Kier molecular flexibility index (Phi) is 7.46. The number of carbonyl (C=O) groups is 1. The molecule has 0 bridgehead atoms. The molecule has 0 saturated heterocycles. The molecular formula is C17H26N2O3. The predicted octanol–water partition coefficient (Wildman–Crippen LogP) is 2.18. The van der Waals surface area contributed by atoms with E-state index in [0.29, 0.717) is 30.9 Å². The van der Waals surface area contributed by atoms with Crippen molar-refractivity contribution in [2.75, 3.05) is 14.2 Å². The van der Waals surface area contributed by atoms with E-state index in [-0.39, 0.29) is 5.91 Å². The van der Waals surface area contributed by atoms with E-state index in [4.69, 9.17) is 15.2 Å². The minimum Gasteiger partial charge on any atom is -0.493 e. The summed E-state index contributed by atoms with van der Waals surface area (Å²) in [5.74, 6) is 1.20. The molecule has 0 aliphatic heterocycles. The number of nitrogens with one attached hydrogen (secondary N) is 1. The number of nitrogens with two attached hydrogens (primary N) is 1. The van der Waals surface area contributed by atoms with Crippen molar-refractivity contribution >= 4 is 5.91 Å². The lowest BCUT2D eigenvalue weighted by molar-refractivity contribution is -0.122. The molecule has 0 heterocycles. The third-order valence-corrected chi connectivity index (χ3v) is 3.38. The maximum Gasteiger partial charge on any atom is 0.237 e. The topological polar surface area (TPSA) is 73.6 Å². The molecule has 5 heteroatoms. The third kappa shape index (κ3) is 4.77. The molecule has 0 spiro atoms. The van der Waals surface area contributed by atoms with Gasteiger partial charge < -0.3 is 20.5 Å². The van der Waals surface area contributed by atoms with Gasteiger partial charge in [0.05, 0.1) is 20.3 Å². The monoisotopic (exact) mass is 306 g/mol. The Bertz CT molecular complexity index is 515. The van der Waals surface area contributed by atoms with Crippen LogP contribution >= 0.6 is 0 Å². The Morgan fingerprint density at radius 1 is 1.41 bits per heavy atom. The number of hydrogen-bond donors (Lipinski definition) is 2. The molecule has 0 radical (unpaired) electrons. The second kappa shape index (κ2) is 9.10. The number of rotatable bonds is 9. The van der Waals surface area contributed by atoms with Crippen LogP contribution in [-0.2, 0) is 17.8 Å². The maximum absolute atomic E-state index is 11.9. The van der Waals surface area contributed by atoms with Gasteiger partial charge in [-0.2, -0.15) is 0 Å². The fourth-order valence-electron chi connectivity index (χ4n) is 2.28. The van der Waals surface area contributed by atoms with Crippen LogP contribution < -0.4 is 20.5 Å². The molecule has 1 aromatic rings. The molecule has 0 fully saturated rings. The normalized spacial score (nSPS) is 11.6. The molecular weight excluding hydrogens is 280 g/mol. The number of allylic oxidation sites excluding steroid dienone is 1. The number of benzene rings is 1. The van der Waals surface area contributed by atoms with E-state index < -0.39 is 6.04 Å². The lowest BCUT2D eigenvalue weighted by atomic mass is 10.1. The van der Waals surface area contributed by atoms with E-state index in [1.807, 2.05) is 19.1 Å². The molecule has 0 aliphatic rings. The van der Waals surface area contributed by atoms with Gasteiger partial charge in [-0.3, -0.25) is 4.79 Å². The smallest absolute Gasteiger partial charge is 0.237 e. The highest BCUT2D eigenvalue weighted by molar-refractivity contribution is 5.81. The molecule has 1 atom stereocenters. The minimum atomic E-state index is -0.460. The molecule has 1 unspecified atom stereocenters. The molecule has 22 heavy (non-hydrogen) atoms. The Morgan fingerprint density at radius 3 is 2.68 bits per heavy atom. The molecule has 1 rings (SSSR count). The van der Waals surface area contributed by atoms with Gasteiger partial charge >= 0.3 is 0 Å². The zero-order chi connectivity index (χ0) is 16.5. The Balaban J connectivity index is 2.88. The van der Waals surface area contributed by atoms with Crippen LogP contribution in [0.3, 0.4) is 0 Å². The van der Waals surface area contributed by atoms with E-state index >= 15 is 0 Å². The summed E-state index contributed by atoms with van der Waals surface area (Å²) in [5, 5.41) is 2.86. The van der Waals surface area contributed by atoms with Crippen molar-refractivity contribution in [2.24, 2.45) is 5.73 Å². The van der Waals surface area contributed by atoms with Crippen LogP contribution in [0.1, 0.15) is 30.9 Å². The molecule has 0 aliphatic carbocycles. The third-order valence-electron chi connectivity index (χ3n) is 3.38. The van der Waals surface area contributed by atoms with E-state index in [0.717, 1.165) is 17.5 Å². The van der Waals surface area contributed by atoms with E-state index in [2.05, 4.69) is 11.9 Å². The number of hydrogen-bond acceptors (Lipinski definition) is 4. The van der Waals surface area contributed by atoms with Gasteiger partial charge in [0, 0.05) is 12.1 Å². The highest BCUT2D eigenvalue weighted by Crippen LogP contribution is 2.33. The quantitative estimate of drug-likeness (QED) is 0.686. The molecule has 0 aromatic heterocycles. The summed E-state index contributed by atoms with van der Waals surface area (Å²) in [6.45, 7) is 6.16. The summed E-state index contributed by atoms with van der Waals surface area (Å²) < 4.78 is 10.8. The van der Waals surface area contributed by atoms with Gasteiger partial charge in [-0.25, -0.2) is 0 Å². The summed E-state index contributed by atoms with van der Waals surface area (Å²) in [6.07, 6.45) is 4.03. The van der Waals surface area contributed by atoms with Crippen LogP contribution in [-0.4, -0.2) is 26.2 Å². The summed E-state index contributed by atoms with van der Waals surface area (Å²) in [5.41, 5.74) is 7.71. The molecule has 3 N–H and O–H groups in total. The second-order valence-corrected chi connectivity index (χ2v) is 5.10. The number of ether oxygens (including phenoxy) is 2. The Hall–Kier alpha value is -2.01. The zero-order valence-corrected chi connectivity index (χ0v) is 13.6. The van der Waals surface area contributed by atoms with E-state index in [1.165, 1.54) is 0 Å². The minimum absolute atomic E-state index is 0.137. The summed E-state index contributed by atoms with van der Waals surface area (Å²) in [4.78, 5) is 11.9. The molecule has 5 nitrogen and oxygen atoms in total. The van der Waals surface area contributed by atoms with Gasteiger partial charge in [-0.15, -0.1) is 6.58 Å². The van der Waals surface area contributed by atoms with Gasteiger partial charge in [0.2, 0.25) is 5.91 Å². The van der Waals surface area contributed by atoms with Gasteiger partial charge in [-0.1, -0.05) is 19.4 Å². The average Bonchev–Trinajstić information content (AvgIpc) is 2.52. The van der Waals surface area contributed by atoms with E-state index in [1.54, 1.807) is 20.3 Å². The van der Waals surface area contributed by atoms with Gasteiger partial charge in [0.15, 0.2) is 11.5 Å². The Morgan fingerprint density at radius 2 is 2.14 bits per heavy atom. The fraction of sp³-hybridized carbons (Fsp3) is 0.471. The molecule has 0 saturated carbocycles. The summed E-state index contributed by atoms with van der Waals surface area (Å²) in [6, 6.07) is 3.38. The first-order valence-electron chi connectivity index (χ1n) is 7.45. The molecule has 1 amide bonds. The number of amides is 1. The van der Waals surface area contributed by atoms with Gasteiger partial charge in [0.1, 0.15) is 0 Å². The summed E-state index contributed by atoms with van der Waals surface area (Å²) >= 11 is 0. The first kappa shape index (κ1) is 18.0.